The SMILES string of the molecule is C1=CN=CCC1.COc1c(N)cc(C(C)(C)C)cc1NC(=O)c1cccc(N(N)/C=C(/C)N)c1.CS. The van der Waals surface area contributed by atoms with Gasteiger partial charge in [0.25, 0.3) is 5.91 Å². The topological polar surface area (TPSA) is 132 Å². The molecule has 8 nitrogen and oxygen atoms in total. The van der Waals surface area contributed by atoms with Gasteiger partial charge in [-0.05, 0) is 67.3 Å². The van der Waals surface area contributed by atoms with Gasteiger partial charge in [-0.15, -0.1) is 0 Å². The van der Waals surface area contributed by atoms with E-state index in [-0.39, 0.29) is 11.3 Å². The van der Waals surface area contributed by atoms with Crippen molar-refractivity contribution in [3.05, 3.63) is 71.7 Å². The number of nitrogen functional groups attached to an aromatic ring is 1. The molecule has 0 atom stereocenters. The third-order valence-electron chi connectivity index (χ3n) is 4.94. The maximum atomic E-state index is 12.8. The minimum atomic E-state index is -0.299. The molecule has 9 heteroatoms. The molecule has 1 aliphatic heterocycles. The summed E-state index contributed by atoms with van der Waals surface area (Å²) < 4.78 is 5.40. The highest BCUT2D eigenvalue weighted by molar-refractivity contribution is 7.79. The van der Waals surface area contributed by atoms with Crippen molar-refractivity contribution in [3.8, 4) is 5.75 Å². The molecule has 1 amide bonds. The lowest BCUT2D eigenvalue weighted by atomic mass is 9.86. The summed E-state index contributed by atoms with van der Waals surface area (Å²) in [4.78, 5) is 16.7. The Balaban J connectivity index is 0.000000694. The van der Waals surface area contributed by atoms with E-state index in [2.05, 4.69) is 49.8 Å². The number of carbonyl (C=O) groups excluding carboxylic acids is 1. The molecule has 0 saturated heterocycles. The largest absolute Gasteiger partial charge is 0.492 e. The second kappa shape index (κ2) is 14.9. The van der Waals surface area contributed by atoms with E-state index in [9.17, 15) is 4.79 Å². The summed E-state index contributed by atoms with van der Waals surface area (Å²) in [6.45, 7) is 7.96. The van der Waals surface area contributed by atoms with E-state index in [1.165, 1.54) is 18.5 Å². The first kappa shape index (κ1) is 30.6. The van der Waals surface area contributed by atoms with Crippen LogP contribution in [-0.4, -0.2) is 25.5 Å². The van der Waals surface area contributed by atoms with E-state index in [4.69, 9.17) is 22.0 Å². The maximum absolute atomic E-state index is 12.8. The van der Waals surface area contributed by atoms with E-state index in [1.54, 1.807) is 43.6 Å². The summed E-state index contributed by atoms with van der Waals surface area (Å²) in [5, 5.41) is 4.26. The van der Waals surface area contributed by atoms with Crippen molar-refractivity contribution in [2.45, 2.75) is 46.0 Å². The molecule has 0 bridgehead atoms. The van der Waals surface area contributed by atoms with Crippen LogP contribution in [0.3, 0.4) is 0 Å². The smallest absolute Gasteiger partial charge is 0.255 e. The Bertz CT molecular complexity index is 1070. The monoisotopic (exact) mass is 512 g/mol. The van der Waals surface area contributed by atoms with Gasteiger partial charge in [-0.1, -0.05) is 32.9 Å². The first-order valence-electron chi connectivity index (χ1n) is 11.5. The number of hydrogen-bond donors (Lipinski definition) is 5. The molecule has 0 saturated carbocycles. The van der Waals surface area contributed by atoms with Crippen molar-refractivity contribution in [1.29, 1.82) is 0 Å². The van der Waals surface area contributed by atoms with Crippen LogP contribution in [0, 0.1) is 0 Å². The average molecular weight is 513 g/mol. The molecule has 36 heavy (non-hydrogen) atoms. The maximum Gasteiger partial charge on any atom is 0.255 e. The van der Waals surface area contributed by atoms with Crippen LogP contribution in [0.25, 0.3) is 0 Å². The summed E-state index contributed by atoms with van der Waals surface area (Å²) in [5.41, 5.74) is 15.3. The zero-order valence-electron chi connectivity index (χ0n) is 22.1. The van der Waals surface area contributed by atoms with Gasteiger partial charge in [0.05, 0.1) is 24.2 Å². The minimum absolute atomic E-state index is 0.133. The summed E-state index contributed by atoms with van der Waals surface area (Å²) in [6.07, 6.45) is 11.4. The van der Waals surface area contributed by atoms with Gasteiger partial charge in [-0.25, -0.2) is 5.84 Å². The van der Waals surface area contributed by atoms with Crippen LogP contribution < -0.4 is 32.4 Å². The zero-order chi connectivity index (χ0) is 27.3. The Morgan fingerprint density at radius 1 is 1.19 bits per heavy atom. The first-order valence-corrected chi connectivity index (χ1v) is 12.4. The molecular formula is C27H40N6O2S. The van der Waals surface area contributed by atoms with Crippen LogP contribution in [-0.2, 0) is 5.41 Å². The van der Waals surface area contributed by atoms with Crippen LogP contribution in [0.4, 0.5) is 17.1 Å². The highest BCUT2D eigenvalue weighted by Crippen LogP contribution is 2.37. The Morgan fingerprint density at radius 3 is 2.36 bits per heavy atom. The Hall–Kier alpha value is -3.43. The number of hydrogen-bond acceptors (Lipinski definition) is 8. The molecule has 0 unspecified atom stereocenters. The number of amides is 1. The van der Waals surface area contributed by atoms with Crippen molar-refractivity contribution in [2.75, 3.05) is 29.4 Å². The minimum Gasteiger partial charge on any atom is -0.492 e. The van der Waals surface area contributed by atoms with Crippen molar-refractivity contribution < 1.29 is 9.53 Å². The van der Waals surface area contributed by atoms with Crippen molar-refractivity contribution in [1.82, 2.24) is 0 Å². The van der Waals surface area contributed by atoms with Gasteiger partial charge >= 0.3 is 0 Å². The van der Waals surface area contributed by atoms with Gasteiger partial charge in [-0.3, -0.25) is 14.8 Å². The van der Waals surface area contributed by atoms with Gasteiger partial charge in [0, 0.05) is 29.9 Å². The highest BCUT2D eigenvalue weighted by Gasteiger charge is 2.20. The van der Waals surface area contributed by atoms with Gasteiger partial charge < -0.3 is 21.5 Å². The molecule has 0 aromatic heterocycles. The lowest BCUT2D eigenvalue weighted by Gasteiger charge is -2.22. The number of aliphatic imine (C=N–C) groups is 1. The summed E-state index contributed by atoms with van der Waals surface area (Å²) in [7, 11) is 1.52. The fourth-order valence-electron chi connectivity index (χ4n) is 3.14. The predicted molar refractivity (Wildman–Crippen MR) is 157 cm³/mol. The number of carbonyl (C=O) groups is 1. The molecule has 1 heterocycles. The number of rotatable bonds is 5. The molecule has 7 N–H and O–H groups in total. The lowest BCUT2D eigenvalue weighted by molar-refractivity contribution is 0.102. The molecular weight excluding hydrogens is 472 g/mol. The van der Waals surface area contributed by atoms with Crippen LogP contribution in [0.1, 0.15) is 56.5 Å². The predicted octanol–water partition coefficient (Wildman–Crippen LogP) is 5.24. The van der Waals surface area contributed by atoms with Crippen LogP contribution in [0.5, 0.6) is 5.75 Å². The first-order chi connectivity index (χ1) is 17.0. The van der Waals surface area contributed by atoms with E-state index >= 15 is 0 Å². The van der Waals surface area contributed by atoms with E-state index in [0.717, 1.165) is 12.0 Å². The number of ether oxygens (including phenoxy) is 1. The third kappa shape index (κ3) is 9.67. The normalized spacial score (nSPS) is 12.5. The number of thiol groups is 1. The third-order valence-corrected chi connectivity index (χ3v) is 4.94. The average Bonchev–Trinajstić information content (AvgIpc) is 2.85. The number of nitrogens with zero attached hydrogens (tertiary/aromatic N) is 2. The fraction of sp³-hybridized carbons (Fsp3) is 0.333. The van der Waals surface area contributed by atoms with Crippen LogP contribution in [0.15, 0.2) is 65.6 Å². The number of nitrogens with two attached hydrogens (primary N) is 3. The summed E-state index contributed by atoms with van der Waals surface area (Å²) in [6, 6.07) is 10.7. The summed E-state index contributed by atoms with van der Waals surface area (Å²) >= 11 is 3.53. The van der Waals surface area contributed by atoms with Gasteiger partial charge in [0.2, 0.25) is 0 Å². The van der Waals surface area contributed by atoms with E-state index in [1.807, 2.05) is 24.5 Å². The fourth-order valence-corrected chi connectivity index (χ4v) is 3.14. The van der Waals surface area contributed by atoms with Gasteiger partial charge in [0.1, 0.15) is 0 Å². The Kier molecular flexibility index (Phi) is 12.6. The van der Waals surface area contributed by atoms with Crippen molar-refractivity contribution in [3.63, 3.8) is 0 Å². The second-order valence-corrected chi connectivity index (χ2v) is 8.97. The van der Waals surface area contributed by atoms with Crippen LogP contribution >= 0.6 is 12.6 Å². The van der Waals surface area contributed by atoms with Crippen LogP contribution in [0.2, 0.25) is 0 Å². The molecule has 3 rings (SSSR count). The Morgan fingerprint density at radius 2 is 1.89 bits per heavy atom. The number of hydrazine groups is 1. The zero-order valence-corrected chi connectivity index (χ0v) is 23.0. The molecule has 1 aliphatic rings. The number of anilines is 3. The molecule has 0 radical (unpaired) electrons. The molecule has 2 aromatic carbocycles. The number of benzene rings is 2. The lowest BCUT2D eigenvalue weighted by Crippen LogP contribution is -2.26. The molecule has 2 aromatic rings. The number of allylic oxidation sites excluding steroid dienone is 2. The standard InChI is InChI=1S/C21H29N5O2.C5H7N.CH4S/c1-13(22)12-26(24)16-8-6-7-14(9-16)20(27)25-18-11-15(21(2,3)4)10-17(23)19(18)28-5;1-2-4-6-5-3-1;1-2/h6-12H,22-24H2,1-5H3,(H,25,27);2,4-5H,1,3H2;2H,1H3/b13-12-;;. The molecule has 0 spiro atoms. The Labute approximate surface area is 220 Å². The second-order valence-electron chi connectivity index (χ2n) is 8.97. The van der Waals surface area contributed by atoms with E-state index in [0.29, 0.717) is 34.1 Å². The van der Waals surface area contributed by atoms with Gasteiger partial charge in [-0.2, -0.15) is 12.6 Å². The van der Waals surface area contributed by atoms with Crippen molar-refractivity contribution >= 4 is 41.8 Å². The van der Waals surface area contributed by atoms with Gasteiger partial charge in [0.15, 0.2) is 5.75 Å². The molecule has 0 fully saturated rings. The van der Waals surface area contributed by atoms with Crippen molar-refractivity contribution in [2.24, 2.45) is 16.6 Å². The molecule has 0 aliphatic carbocycles. The number of methoxy groups -OCH3 is 1. The van der Waals surface area contributed by atoms with E-state index < -0.39 is 0 Å². The summed E-state index contributed by atoms with van der Waals surface area (Å²) in [5.74, 6) is 6.09. The number of nitrogens with one attached hydrogen (secondary N) is 1. The quantitative estimate of drug-likeness (QED) is 0.161. The molecule has 196 valence electrons. The highest BCUT2D eigenvalue weighted by atomic mass is 32.1.